The van der Waals surface area contributed by atoms with Crippen LogP contribution >= 0.6 is 0 Å². The summed E-state index contributed by atoms with van der Waals surface area (Å²) in [6.07, 6.45) is 2.40. The Kier molecular flexibility index (Phi) is 4.08. The lowest BCUT2D eigenvalue weighted by molar-refractivity contribution is 0.0950. The van der Waals surface area contributed by atoms with Gasteiger partial charge in [-0.25, -0.2) is 4.39 Å². The summed E-state index contributed by atoms with van der Waals surface area (Å²) in [6.45, 7) is 0.459. The molecule has 132 valence electrons. The molecule has 0 aliphatic carbocycles. The van der Waals surface area contributed by atoms with E-state index < -0.39 is 0 Å². The van der Waals surface area contributed by atoms with Gasteiger partial charge < -0.3 is 20.0 Å². The topological polar surface area (TPSA) is 69.9 Å². The number of H-pyrrole nitrogens is 2. The van der Waals surface area contributed by atoms with Gasteiger partial charge in [-0.2, -0.15) is 0 Å². The third-order valence-electron chi connectivity index (χ3n) is 4.50. The molecule has 0 saturated heterocycles. The normalized spacial score (nSPS) is 11.2. The molecule has 0 aliphatic rings. The van der Waals surface area contributed by atoms with E-state index in [1.807, 2.05) is 30.3 Å². The molecule has 6 heteroatoms. The smallest absolute Gasteiger partial charge is 0.267 e. The van der Waals surface area contributed by atoms with Crippen LogP contribution in [0.1, 0.15) is 16.1 Å². The second-order valence-corrected chi connectivity index (χ2v) is 6.12. The first kappa shape index (κ1) is 16.2. The molecule has 0 spiro atoms. The first-order valence-electron chi connectivity index (χ1n) is 8.35. The van der Waals surface area contributed by atoms with Gasteiger partial charge in [-0.1, -0.05) is 12.1 Å². The van der Waals surface area contributed by atoms with Crippen molar-refractivity contribution in [3.63, 3.8) is 0 Å². The van der Waals surface area contributed by atoms with Crippen LogP contribution in [0, 0.1) is 5.82 Å². The molecule has 2 heterocycles. The van der Waals surface area contributed by atoms with Gasteiger partial charge in [-0.15, -0.1) is 0 Å². The average Bonchev–Trinajstić information content (AvgIpc) is 3.26. The zero-order valence-corrected chi connectivity index (χ0v) is 14.2. The number of para-hydroxylation sites is 1. The SMILES string of the molecule is COc1ccc2cc(C(=O)NCCc3c[nH]c4c(F)cccc34)[nH]c2c1. The molecule has 0 aliphatic heterocycles. The zero-order chi connectivity index (χ0) is 18.1. The summed E-state index contributed by atoms with van der Waals surface area (Å²) in [5.74, 6) is 0.287. The Hall–Kier alpha value is -3.28. The van der Waals surface area contributed by atoms with Gasteiger partial charge in [0.25, 0.3) is 5.91 Å². The maximum absolute atomic E-state index is 13.7. The van der Waals surface area contributed by atoms with E-state index in [9.17, 15) is 9.18 Å². The van der Waals surface area contributed by atoms with Crippen LogP contribution in [0.3, 0.4) is 0 Å². The van der Waals surface area contributed by atoms with Crippen LogP contribution in [0.4, 0.5) is 4.39 Å². The van der Waals surface area contributed by atoms with Crippen molar-refractivity contribution in [1.29, 1.82) is 0 Å². The highest BCUT2D eigenvalue weighted by atomic mass is 19.1. The minimum atomic E-state index is -0.272. The molecule has 0 saturated carbocycles. The number of methoxy groups -OCH3 is 1. The number of benzene rings is 2. The van der Waals surface area contributed by atoms with E-state index in [4.69, 9.17) is 4.74 Å². The summed E-state index contributed by atoms with van der Waals surface area (Å²) in [6, 6.07) is 12.4. The minimum Gasteiger partial charge on any atom is -0.497 e. The second kappa shape index (κ2) is 6.55. The van der Waals surface area contributed by atoms with Gasteiger partial charge in [-0.3, -0.25) is 4.79 Å². The van der Waals surface area contributed by atoms with Crippen molar-refractivity contribution < 1.29 is 13.9 Å². The van der Waals surface area contributed by atoms with Crippen LogP contribution in [0.5, 0.6) is 5.75 Å². The van der Waals surface area contributed by atoms with Gasteiger partial charge in [0.1, 0.15) is 17.3 Å². The van der Waals surface area contributed by atoms with Gasteiger partial charge >= 0.3 is 0 Å². The Morgan fingerprint density at radius 1 is 1.23 bits per heavy atom. The van der Waals surface area contributed by atoms with Crippen LogP contribution in [-0.2, 0) is 6.42 Å². The molecule has 1 amide bonds. The number of carbonyl (C=O) groups is 1. The highest BCUT2D eigenvalue weighted by molar-refractivity contribution is 5.98. The molecule has 0 unspecified atom stereocenters. The summed E-state index contributed by atoms with van der Waals surface area (Å²) < 4.78 is 18.9. The number of aromatic nitrogens is 2. The summed E-state index contributed by atoms with van der Waals surface area (Å²) in [5, 5.41) is 4.69. The lowest BCUT2D eigenvalue weighted by Crippen LogP contribution is -2.25. The van der Waals surface area contributed by atoms with Crippen molar-refractivity contribution in [1.82, 2.24) is 15.3 Å². The highest BCUT2D eigenvalue weighted by Gasteiger charge is 2.11. The quantitative estimate of drug-likeness (QED) is 0.512. The molecule has 26 heavy (non-hydrogen) atoms. The number of halogens is 1. The predicted octanol–water partition coefficient (Wildman–Crippen LogP) is 3.77. The van der Waals surface area contributed by atoms with Crippen LogP contribution < -0.4 is 10.1 Å². The Morgan fingerprint density at radius 2 is 2.12 bits per heavy atom. The van der Waals surface area contributed by atoms with Crippen molar-refractivity contribution in [2.75, 3.05) is 13.7 Å². The van der Waals surface area contributed by atoms with Crippen LogP contribution in [0.15, 0.2) is 48.7 Å². The second-order valence-electron chi connectivity index (χ2n) is 6.12. The Morgan fingerprint density at radius 3 is 2.96 bits per heavy atom. The Balaban J connectivity index is 1.44. The van der Waals surface area contributed by atoms with E-state index in [0.717, 1.165) is 27.6 Å². The van der Waals surface area contributed by atoms with Crippen molar-refractivity contribution in [3.05, 3.63) is 65.7 Å². The van der Waals surface area contributed by atoms with E-state index >= 15 is 0 Å². The summed E-state index contributed by atoms with van der Waals surface area (Å²) in [5.41, 5.74) is 2.82. The number of hydrogen-bond donors (Lipinski definition) is 3. The van der Waals surface area contributed by atoms with Crippen molar-refractivity contribution >= 4 is 27.7 Å². The van der Waals surface area contributed by atoms with E-state index in [-0.39, 0.29) is 11.7 Å². The summed E-state index contributed by atoms with van der Waals surface area (Å²) in [7, 11) is 1.61. The number of ether oxygens (including phenoxy) is 1. The average molecular weight is 351 g/mol. The molecule has 4 aromatic rings. The third-order valence-corrected chi connectivity index (χ3v) is 4.50. The number of hydrogen-bond acceptors (Lipinski definition) is 2. The molecule has 2 aromatic heterocycles. The number of aromatic amines is 2. The van der Waals surface area contributed by atoms with Gasteiger partial charge in [0.2, 0.25) is 0 Å². The monoisotopic (exact) mass is 351 g/mol. The minimum absolute atomic E-state index is 0.175. The fraction of sp³-hybridized carbons (Fsp3) is 0.150. The molecule has 2 aromatic carbocycles. The third kappa shape index (κ3) is 2.90. The molecule has 5 nitrogen and oxygen atoms in total. The first-order chi connectivity index (χ1) is 12.7. The molecule has 0 radical (unpaired) electrons. The molecule has 4 rings (SSSR count). The van der Waals surface area contributed by atoms with Crippen molar-refractivity contribution in [3.8, 4) is 5.75 Å². The van der Waals surface area contributed by atoms with E-state index in [1.165, 1.54) is 6.07 Å². The van der Waals surface area contributed by atoms with Crippen LogP contribution in [-0.4, -0.2) is 29.5 Å². The molecule has 3 N–H and O–H groups in total. The Bertz CT molecular complexity index is 1100. The number of fused-ring (bicyclic) bond motifs is 2. The Labute approximate surface area is 149 Å². The largest absolute Gasteiger partial charge is 0.497 e. The van der Waals surface area contributed by atoms with E-state index in [2.05, 4.69) is 15.3 Å². The van der Waals surface area contributed by atoms with Gasteiger partial charge in [-0.05, 0) is 36.2 Å². The molecule has 0 bridgehead atoms. The van der Waals surface area contributed by atoms with Crippen LogP contribution in [0.25, 0.3) is 21.8 Å². The molecule has 0 atom stereocenters. The standard InChI is InChI=1S/C20H18FN3O2/c1-26-14-6-5-12-9-18(24-17(12)10-14)20(25)22-8-7-13-11-23-19-15(13)3-2-4-16(19)21/h2-6,9-11,23-24H,7-8H2,1H3,(H,22,25). The maximum atomic E-state index is 13.7. The zero-order valence-electron chi connectivity index (χ0n) is 14.2. The predicted molar refractivity (Wildman–Crippen MR) is 99.1 cm³/mol. The van der Waals surface area contributed by atoms with E-state index in [0.29, 0.717) is 24.2 Å². The van der Waals surface area contributed by atoms with E-state index in [1.54, 1.807) is 19.4 Å². The number of carbonyl (C=O) groups excluding carboxylic acids is 1. The number of amides is 1. The first-order valence-corrected chi connectivity index (χ1v) is 8.35. The molecule has 0 fully saturated rings. The number of nitrogens with one attached hydrogen (secondary N) is 3. The molecular weight excluding hydrogens is 333 g/mol. The lowest BCUT2D eigenvalue weighted by atomic mass is 10.1. The summed E-state index contributed by atoms with van der Waals surface area (Å²) in [4.78, 5) is 18.4. The van der Waals surface area contributed by atoms with Gasteiger partial charge in [0.15, 0.2) is 0 Å². The van der Waals surface area contributed by atoms with Crippen LogP contribution in [0.2, 0.25) is 0 Å². The molecular formula is C20H18FN3O2. The summed E-state index contributed by atoms with van der Waals surface area (Å²) >= 11 is 0. The highest BCUT2D eigenvalue weighted by Crippen LogP contribution is 2.22. The fourth-order valence-electron chi connectivity index (χ4n) is 3.14. The van der Waals surface area contributed by atoms with Crippen molar-refractivity contribution in [2.45, 2.75) is 6.42 Å². The fourth-order valence-corrected chi connectivity index (χ4v) is 3.14. The van der Waals surface area contributed by atoms with Gasteiger partial charge in [0, 0.05) is 35.1 Å². The maximum Gasteiger partial charge on any atom is 0.267 e. The number of rotatable bonds is 5. The van der Waals surface area contributed by atoms with Crippen molar-refractivity contribution in [2.24, 2.45) is 0 Å². The lowest BCUT2D eigenvalue weighted by Gasteiger charge is -2.03. The van der Waals surface area contributed by atoms with Gasteiger partial charge in [0.05, 0.1) is 12.6 Å².